The summed E-state index contributed by atoms with van der Waals surface area (Å²) in [6, 6.07) is 29.6. The minimum absolute atomic E-state index is 0.0715. The molecule has 3 aromatic rings. The Morgan fingerprint density at radius 3 is 2.03 bits per heavy atom. The van der Waals surface area contributed by atoms with Gasteiger partial charge in [0, 0.05) is 26.2 Å². The van der Waals surface area contributed by atoms with Crippen molar-refractivity contribution in [3.8, 4) is 0 Å². The number of benzene rings is 3. The van der Waals surface area contributed by atoms with Gasteiger partial charge in [0.2, 0.25) is 5.91 Å². The van der Waals surface area contributed by atoms with E-state index >= 15 is 0 Å². The second-order valence-corrected chi connectivity index (χ2v) is 8.12. The van der Waals surface area contributed by atoms with Crippen molar-refractivity contribution in [3.63, 3.8) is 0 Å². The average molecular weight is 415 g/mol. The van der Waals surface area contributed by atoms with Crippen LogP contribution in [-0.2, 0) is 16.1 Å². The maximum absolute atomic E-state index is 12.6. The first-order valence-electron chi connectivity index (χ1n) is 11.0. The zero-order valence-corrected chi connectivity index (χ0v) is 18.1. The largest absolute Gasteiger partial charge is 0.367 e. The molecule has 0 spiro atoms. The van der Waals surface area contributed by atoms with Gasteiger partial charge in [0.05, 0.1) is 12.6 Å². The normalized spacial score (nSPS) is 15.6. The molecule has 1 unspecified atom stereocenters. The van der Waals surface area contributed by atoms with E-state index in [-0.39, 0.29) is 18.6 Å². The molecule has 0 radical (unpaired) electrons. The number of rotatable bonds is 7. The summed E-state index contributed by atoms with van der Waals surface area (Å²) in [5, 5.41) is 0. The number of amides is 1. The summed E-state index contributed by atoms with van der Waals surface area (Å²) in [5.74, 6) is 0.0715. The number of carbonyl (C=O) groups excluding carboxylic acids is 1. The molecule has 1 atom stereocenters. The van der Waals surface area contributed by atoms with Gasteiger partial charge >= 0.3 is 0 Å². The fraction of sp³-hybridized carbons (Fsp3) is 0.296. The lowest BCUT2D eigenvalue weighted by molar-refractivity contribution is -0.138. The van der Waals surface area contributed by atoms with E-state index < -0.39 is 0 Å². The maximum atomic E-state index is 12.6. The quantitative estimate of drug-likeness (QED) is 0.573. The molecule has 0 aromatic heterocycles. The Hall–Kier alpha value is -2.95. The van der Waals surface area contributed by atoms with Crippen LogP contribution in [0.2, 0.25) is 0 Å². The predicted octanol–water partition coefficient (Wildman–Crippen LogP) is 4.45. The Morgan fingerprint density at radius 2 is 1.39 bits per heavy atom. The van der Waals surface area contributed by atoms with Gasteiger partial charge < -0.3 is 9.64 Å². The summed E-state index contributed by atoms with van der Waals surface area (Å²) in [6.07, 6.45) is 0. The number of piperazine rings is 1. The number of ether oxygens (including phenoxy) is 1. The molecule has 4 heteroatoms. The monoisotopic (exact) mass is 414 g/mol. The van der Waals surface area contributed by atoms with Gasteiger partial charge in [0.1, 0.15) is 6.61 Å². The van der Waals surface area contributed by atoms with Crippen molar-refractivity contribution < 1.29 is 9.53 Å². The third-order valence-corrected chi connectivity index (χ3v) is 5.88. The highest BCUT2D eigenvalue weighted by Crippen LogP contribution is 2.29. The average Bonchev–Trinajstić information content (AvgIpc) is 2.82. The molecule has 1 aliphatic rings. The van der Waals surface area contributed by atoms with Crippen LogP contribution in [0.25, 0.3) is 0 Å². The summed E-state index contributed by atoms with van der Waals surface area (Å²) in [4.78, 5) is 17.0. The lowest BCUT2D eigenvalue weighted by Gasteiger charge is -2.39. The molecular weight excluding hydrogens is 384 g/mol. The van der Waals surface area contributed by atoms with Crippen LogP contribution in [0.3, 0.4) is 0 Å². The predicted molar refractivity (Wildman–Crippen MR) is 124 cm³/mol. The Morgan fingerprint density at radius 1 is 0.806 bits per heavy atom. The van der Waals surface area contributed by atoms with Crippen LogP contribution in [0.1, 0.15) is 28.3 Å². The molecule has 0 bridgehead atoms. The third-order valence-electron chi connectivity index (χ3n) is 5.88. The van der Waals surface area contributed by atoms with Crippen LogP contribution in [0.5, 0.6) is 0 Å². The molecule has 1 fully saturated rings. The summed E-state index contributed by atoms with van der Waals surface area (Å²) in [5.41, 5.74) is 4.94. The second-order valence-electron chi connectivity index (χ2n) is 8.12. The summed E-state index contributed by atoms with van der Waals surface area (Å²) in [6.45, 7) is 5.86. The fourth-order valence-corrected chi connectivity index (χ4v) is 4.15. The highest BCUT2D eigenvalue weighted by Gasteiger charge is 2.28. The van der Waals surface area contributed by atoms with Gasteiger partial charge in [-0.15, -0.1) is 0 Å². The van der Waals surface area contributed by atoms with Gasteiger partial charge in [-0.2, -0.15) is 0 Å². The zero-order chi connectivity index (χ0) is 21.5. The fourth-order valence-electron chi connectivity index (χ4n) is 4.15. The van der Waals surface area contributed by atoms with Crippen molar-refractivity contribution in [1.82, 2.24) is 9.80 Å². The van der Waals surface area contributed by atoms with E-state index in [2.05, 4.69) is 66.4 Å². The van der Waals surface area contributed by atoms with Crippen molar-refractivity contribution >= 4 is 5.91 Å². The van der Waals surface area contributed by atoms with E-state index in [0.29, 0.717) is 6.61 Å². The van der Waals surface area contributed by atoms with E-state index in [1.165, 1.54) is 16.7 Å². The summed E-state index contributed by atoms with van der Waals surface area (Å²) < 4.78 is 5.65. The number of hydrogen-bond donors (Lipinski definition) is 0. The number of nitrogens with zero attached hydrogens (tertiary/aromatic N) is 2. The van der Waals surface area contributed by atoms with Gasteiger partial charge in [-0.1, -0.05) is 90.5 Å². The lowest BCUT2D eigenvalue weighted by atomic mass is 9.95. The maximum Gasteiger partial charge on any atom is 0.248 e. The molecule has 3 aromatic carbocycles. The zero-order valence-electron chi connectivity index (χ0n) is 18.1. The van der Waals surface area contributed by atoms with Crippen molar-refractivity contribution in [2.45, 2.75) is 19.6 Å². The SMILES string of the molecule is Cc1ccc(C(c2ccccc2)N2CCN(C(=O)COCc3ccccc3)CC2)cc1. The summed E-state index contributed by atoms with van der Waals surface area (Å²) in [7, 11) is 0. The van der Waals surface area contributed by atoms with E-state index in [9.17, 15) is 4.79 Å². The molecule has 4 rings (SSSR count). The Balaban J connectivity index is 1.36. The number of aryl methyl sites for hydroxylation is 1. The van der Waals surface area contributed by atoms with Crippen LogP contribution in [0, 0.1) is 6.92 Å². The first kappa shape index (κ1) is 21.3. The molecule has 1 heterocycles. The summed E-state index contributed by atoms with van der Waals surface area (Å²) >= 11 is 0. The van der Waals surface area contributed by atoms with Gasteiger partial charge in [0.15, 0.2) is 0 Å². The molecule has 0 aliphatic carbocycles. The molecule has 1 aliphatic heterocycles. The van der Waals surface area contributed by atoms with E-state index in [1.54, 1.807) is 0 Å². The molecule has 1 saturated heterocycles. The molecule has 0 saturated carbocycles. The third kappa shape index (κ3) is 5.60. The van der Waals surface area contributed by atoms with E-state index in [4.69, 9.17) is 4.74 Å². The van der Waals surface area contributed by atoms with Crippen molar-refractivity contribution in [3.05, 3.63) is 107 Å². The first-order valence-corrected chi connectivity index (χ1v) is 11.0. The van der Waals surface area contributed by atoms with Crippen LogP contribution in [0.15, 0.2) is 84.9 Å². The molecule has 31 heavy (non-hydrogen) atoms. The van der Waals surface area contributed by atoms with Crippen molar-refractivity contribution in [1.29, 1.82) is 0 Å². The minimum atomic E-state index is 0.0715. The molecular formula is C27H30N2O2. The smallest absolute Gasteiger partial charge is 0.248 e. The Bertz CT molecular complexity index is 950. The van der Waals surface area contributed by atoms with E-state index in [0.717, 1.165) is 31.7 Å². The van der Waals surface area contributed by atoms with Crippen LogP contribution in [0.4, 0.5) is 0 Å². The highest BCUT2D eigenvalue weighted by molar-refractivity contribution is 5.77. The van der Waals surface area contributed by atoms with Crippen LogP contribution in [-0.4, -0.2) is 48.5 Å². The van der Waals surface area contributed by atoms with Crippen molar-refractivity contribution in [2.24, 2.45) is 0 Å². The molecule has 1 amide bonds. The number of carbonyl (C=O) groups is 1. The standard InChI is InChI=1S/C27H30N2O2/c1-22-12-14-25(15-13-22)27(24-10-6-3-7-11-24)29-18-16-28(17-19-29)26(30)21-31-20-23-8-4-2-5-9-23/h2-15,27H,16-21H2,1H3. The van der Waals surface area contributed by atoms with Gasteiger partial charge in [-0.3, -0.25) is 9.69 Å². The minimum Gasteiger partial charge on any atom is -0.367 e. The van der Waals surface area contributed by atoms with Crippen LogP contribution >= 0.6 is 0 Å². The van der Waals surface area contributed by atoms with Crippen LogP contribution < -0.4 is 0 Å². The second kappa shape index (κ2) is 10.4. The topological polar surface area (TPSA) is 32.8 Å². The van der Waals surface area contributed by atoms with Gasteiger partial charge in [-0.25, -0.2) is 0 Å². The van der Waals surface area contributed by atoms with E-state index in [1.807, 2.05) is 35.2 Å². The first-order chi connectivity index (χ1) is 15.2. The van der Waals surface area contributed by atoms with Crippen molar-refractivity contribution in [2.75, 3.05) is 32.8 Å². The lowest BCUT2D eigenvalue weighted by Crippen LogP contribution is -2.50. The van der Waals surface area contributed by atoms with Gasteiger partial charge in [0.25, 0.3) is 0 Å². The Labute approximate surface area is 185 Å². The number of hydrogen-bond acceptors (Lipinski definition) is 3. The molecule has 0 N–H and O–H groups in total. The molecule has 4 nitrogen and oxygen atoms in total. The van der Waals surface area contributed by atoms with Gasteiger partial charge in [-0.05, 0) is 23.6 Å². The molecule has 160 valence electrons. The highest BCUT2D eigenvalue weighted by atomic mass is 16.5. The Kier molecular flexibility index (Phi) is 7.13.